The van der Waals surface area contributed by atoms with Crippen molar-refractivity contribution in [2.24, 2.45) is 0 Å². The molecule has 1 aliphatic rings. The van der Waals surface area contributed by atoms with E-state index < -0.39 is 11.5 Å². The zero-order chi connectivity index (χ0) is 17.5. The second kappa shape index (κ2) is 5.94. The van der Waals surface area contributed by atoms with E-state index in [1.807, 2.05) is 25.1 Å². The highest BCUT2D eigenvalue weighted by atomic mass is 35.5. The molecule has 1 saturated heterocycles. The van der Waals surface area contributed by atoms with E-state index in [2.05, 4.69) is 5.10 Å². The zero-order valence-electron chi connectivity index (χ0n) is 13.5. The smallest absolute Gasteiger partial charge is 0.329 e. The molecule has 2 aromatic rings. The lowest BCUT2D eigenvalue weighted by Gasteiger charge is -2.30. The van der Waals surface area contributed by atoms with Gasteiger partial charge in [-0.3, -0.25) is 4.79 Å². The second-order valence-corrected chi connectivity index (χ2v) is 6.58. The number of carbonyl (C=O) groups excluding carboxylic acids is 1. The number of rotatable bonds is 3. The monoisotopic (exact) mass is 347 g/mol. The van der Waals surface area contributed by atoms with Crippen molar-refractivity contribution in [3.63, 3.8) is 0 Å². The Morgan fingerprint density at radius 3 is 2.71 bits per heavy atom. The number of hydrogen-bond acceptors (Lipinski definition) is 3. The van der Waals surface area contributed by atoms with Gasteiger partial charge in [0.15, 0.2) is 5.69 Å². The molecule has 1 N–H and O–H groups in total. The SMILES string of the molecule is Cc1cc(C(=O)N2CCCC2(C)C(=O)O)nn1-c1ccccc1Cl. The molecule has 1 fully saturated rings. The number of likely N-dealkylation sites (tertiary alicyclic amines) is 1. The molecule has 0 radical (unpaired) electrons. The Balaban J connectivity index is 1.97. The maximum atomic E-state index is 12.8. The van der Waals surface area contributed by atoms with Crippen molar-refractivity contribution in [1.82, 2.24) is 14.7 Å². The number of hydrogen-bond donors (Lipinski definition) is 1. The predicted octanol–water partition coefficient (Wildman–Crippen LogP) is 2.91. The van der Waals surface area contributed by atoms with Crippen molar-refractivity contribution >= 4 is 23.5 Å². The summed E-state index contributed by atoms with van der Waals surface area (Å²) >= 11 is 6.20. The molecular weight excluding hydrogens is 330 g/mol. The molecule has 0 saturated carbocycles. The Bertz CT molecular complexity index is 817. The topological polar surface area (TPSA) is 75.4 Å². The summed E-state index contributed by atoms with van der Waals surface area (Å²) in [5.41, 5.74) is 0.474. The van der Waals surface area contributed by atoms with Gasteiger partial charge in [0.25, 0.3) is 5.91 Å². The molecule has 6 nitrogen and oxygen atoms in total. The van der Waals surface area contributed by atoms with Crippen LogP contribution in [0.2, 0.25) is 5.02 Å². The van der Waals surface area contributed by atoms with Gasteiger partial charge in [-0.1, -0.05) is 23.7 Å². The van der Waals surface area contributed by atoms with E-state index in [1.54, 1.807) is 23.7 Å². The Kier molecular flexibility index (Phi) is 4.09. The van der Waals surface area contributed by atoms with Crippen LogP contribution in [0.4, 0.5) is 0 Å². The third-order valence-corrected chi connectivity index (χ3v) is 4.85. The highest BCUT2D eigenvalue weighted by molar-refractivity contribution is 6.32. The largest absolute Gasteiger partial charge is 0.480 e. The normalized spacial score (nSPS) is 20.4. The van der Waals surface area contributed by atoms with Gasteiger partial charge in [-0.25, -0.2) is 9.48 Å². The number of aliphatic carboxylic acids is 1. The number of benzene rings is 1. The zero-order valence-corrected chi connectivity index (χ0v) is 14.2. The standard InChI is InChI=1S/C17H18ClN3O3/c1-11-10-13(19-21(11)14-7-4-3-6-12(14)18)15(22)20-9-5-8-17(20,2)16(23)24/h3-4,6-7,10H,5,8-9H2,1-2H3,(H,23,24). The fourth-order valence-electron chi connectivity index (χ4n) is 3.10. The minimum absolute atomic E-state index is 0.224. The second-order valence-electron chi connectivity index (χ2n) is 6.17. The van der Waals surface area contributed by atoms with Gasteiger partial charge in [-0.15, -0.1) is 0 Å². The van der Waals surface area contributed by atoms with E-state index in [0.717, 1.165) is 5.69 Å². The first-order chi connectivity index (χ1) is 11.3. The van der Waals surface area contributed by atoms with Crippen LogP contribution >= 0.6 is 11.6 Å². The summed E-state index contributed by atoms with van der Waals surface area (Å²) in [4.78, 5) is 25.8. The molecule has 1 aliphatic heterocycles. The van der Waals surface area contributed by atoms with Crippen LogP contribution in [0.5, 0.6) is 0 Å². The Morgan fingerprint density at radius 2 is 2.04 bits per heavy atom. The molecule has 3 rings (SSSR count). The lowest BCUT2D eigenvalue weighted by Crippen LogP contribution is -2.50. The molecule has 0 spiro atoms. The highest BCUT2D eigenvalue weighted by Crippen LogP contribution is 2.31. The first-order valence-electron chi connectivity index (χ1n) is 7.71. The summed E-state index contributed by atoms with van der Waals surface area (Å²) < 4.78 is 1.60. The highest BCUT2D eigenvalue weighted by Gasteiger charge is 2.46. The third-order valence-electron chi connectivity index (χ3n) is 4.53. The fourth-order valence-corrected chi connectivity index (χ4v) is 3.31. The van der Waals surface area contributed by atoms with Gasteiger partial charge in [0.2, 0.25) is 0 Å². The quantitative estimate of drug-likeness (QED) is 0.926. The summed E-state index contributed by atoms with van der Waals surface area (Å²) in [5.74, 6) is -1.36. The molecular formula is C17H18ClN3O3. The molecule has 0 bridgehead atoms. The van der Waals surface area contributed by atoms with E-state index in [0.29, 0.717) is 30.1 Å². The average Bonchev–Trinajstić information content (AvgIpc) is 3.11. The van der Waals surface area contributed by atoms with Crippen LogP contribution in [0.15, 0.2) is 30.3 Å². The van der Waals surface area contributed by atoms with Crippen molar-refractivity contribution < 1.29 is 14.7 Å². The molecule has 1 aromatic heterocycles. The summed E-state index contributed by atoms with van der Waals surface area (Å²) in [6.45, 7) is 3.82. The third kappa shape index (κ3) is 2.57. The number of carboxylic acid groups (broad SMARTS) is 1. The van der Waals surface area contributed by atoms with Crippen LogP contribution in [-0.2, 0) is 4.79 Å². The summed E-state index contributed by atoms with van der Waals surface area (Å²) in [6.07, 6.45) is 1.11. The molecule has 2 heterocycles. The van der Waals surface area contributed by atoms with Crippen molar-refractivity contribution in [3.05, 3.63) is 46.7 Å². The number of carbonyl (C=O) groups is 2. The van der Waals surface area contributed by atoms with Gasteiger partial charge in [0, 0.05) is 12.2 Å². The number of para-hydroxylation sites is 1. The molecule has 126 valence electrons. The molecule has 1 atom stereocenters. The van der Waals surface area contributed by atoms with Crippen LogP contribution in [0.1, 0.15) is 35.9 Å². The van der Waals surface area contributed by atoms with Crippen LogP contribution in [0.3, 0.4) is 0 Å². The Hall–Kier alpha value is -2.34. The van der Waals surface area contributed by atoms with E-state index in [1.165, 1.54) is 4.90 Å². The van der Waals surface area contributed by atoms with E-state index in [9.17, 15) is 14.7 Å². The minimum Gasteiger partial charge on any atom is -0.480 e. The average molecular weight is 348 g/mol. The first-order valence-corrected chi connectivity index (χ1v) is 8.09. The van der Waals surface area contributed by atoms with Crippen LogP contribution in [0, 0.1) is 6.92 Å². The van der Waals surface area contributed by atoms with Gasteiger partial charge < -0.3 is 10.0 Å². The molecule has 1 unspecified atom stereocenters. The Morgan fingerprint density at radius 1 is 1.33 bits per heavy atom. The molecule has 1 amide bonds. The lowest BCUT2D eigenvalue weighted by molar-refractivity contribution is -0.147. The molecule has 1 aromatic carbocycles. The molecule has 0 aliphatic carbocycles. The van der Waals surface area contributed by atoms with Crippen molar-refractivity contribution in [1.29, 1.82) is 0 Å². The maximum Gasteiger partial charge on any atom is 0.329 e. The summed E-state index contributed by atoms with van der Waals surface area (Å²) in [7, 11) is 0. The van der Waals surface area contributed by atoms with Crippen molar-refractivity contribution in [2.45, 2.75) is 32.2 Å². The number of carboxylic acids is 1. The van der Waals surface area contributed by atoms with Crippen LogP contribution in [-0.4, -0.2) is 43.7 Å². The lowest BCUT2D eigenvalue weighted by atomic mass is 9.99. The summed E-state index contributed by atoms with van der Waals surface area (Å²) in [5, 5.41) is 14.4. The number of aryl methyl sites for hydroxylation is 1. The van der Waals surface area contributed by atoms with Gasteiger partial charge in [0.1, 0.15) is 5.54 Å². The summed E-state index contributed by atoms with van der Waals surface area (Å²) in [6, 6.07) is 8.88. The number of halogens is 1. The number of aromatic nitrogens is 2. The molecule has 7 heteroatoms. The Labute approximate surface area is 144 Å². The van der Waals surface area contributed by atoms with Gasteiger partial charge in [-0.2, -0.15) is 5.10 Å². The predicted molar refractivity (Wildman–Crippen MR) is 89.6 cm³/mol. The van der Waals surface area contributed by atoms with Crippen LogP contribution in [0.25, 0.3) is 5.69 Å². The number of nitrogens with zero attached hydrogens (tertiary/aromatic N) is 3. The van der Waals surface area contributed by atoms with E-state index in [-0.39, 0.29) is 11.6 Å². The van der Waals surface area contributed by atoms with E-state index in [4.69, 9.17) is 11.6 Å². The maximum absolute atomic E-state index is 12.8. The van der Waals surface area contributed by atoms with Crippen LogP contribution < -0.4 is 0 Å². The van der Waals surface area contributed by atoms with Crippen molar-refractivity contribution in [3.8, 4) is 5.69 Å². The van der Waals surface area contributed by atoms with E-state index >= 15 is 0 Å². The van der Waals surface area contributed by atoms with Gasteiger partial charge in [-0.05, 0) is 44.9 Å². The fraction of sp³-hybridized carbons (Fsp3) is 0.353. The number of amides is 1. The minimum atomic E-state index is -1.18. The van der Waals surface area contributed by atoms with Gasteiger partial charge >= 0.3 is 5.97 Å². The van der Waals surface area contributed by atoms with Gasteiger partial charge in [0.05, 0.1) is 10.7 Å². The van der Waals surface area contributed by atoms with Crippen molar-refractivity contribution in [2.75, 3.05) is 6.54 Å². The first kappa shape index (κ1) is 16.5. The molecule has 24 heavy (non-hydrogen) atoms.